The summed E-state index contributed by atoms with van der Waals surface area (Å²) in [7, 11) is -0.715. The van der Waals surface area contributed by atoms with Gasteiger partial charge in [0.25, 0.3) is 21.6 Å². The van der Waals surface area contributed by atoms with Crippen molar-refractivity contribution in [1.82, 2.24) is 5.43 Å². The van der Waals surface area contributed by atoms with Gasteiger partial charge in [0.1, 0.15) is 23.8 Å². The standard InChI is InChI=1S/C26H26N4O10S/c1-37-20-12-13-21(23(14-20)38-2)29(41(35,36)24-7-5-4-6-22(24)30(33)34)16-25(31)28-27-15-18-8-10-19(11-9-18)40-17-26(32)39-3/h4-15H,16-17H2,1-3H3,(H,28,31)/b27-15-. The number of esters is 1. The number of carbonyl (C=O) groups is 2. The lowest BCUT2D eigenvalue weighted by Crippen LogP contribution is -2.40. The molecule has 0 unspecified atom stereocenters. The predicted molar refractivity (Wildman–Crippen MR) is 147 cm³/mol. The van der Waals surface area contributed by atoms with Gasteiger partial charge in [-0.15, -0.1) is 0 Å². The van der Waals surface area contributed by atoms with Gasteiger partial charge in [0.2, 0.25) is 0 Å². The van der Waals surface area contributed by atoms with E-state index in [1.165, 1.54) is 57.9 Å². The number of hydrogen-bond acceptors (Lipinski definition) is 11. The van der Waals surface area contributed by atoms with Crippen molar-refractivity contribution in [1.29, 1.82) is 0 Å². The minimum absolute atomic E-state index is 0.0392. The third-order valence-corrected chi connectivity index (χ3v) is 7.25. The molecule has 1 amide bonds. The lowest BCUT2D eigenvalue weighted by atomic mass is 10.2. The monoisotopic (exact) mass is 586 g/mol. The van der Waals surface area contributed by atoms with Crippen LogP contribution in [0.15, 0.2) is 76.7 Å². The quantitative estimate of drug-likeness (QED) is 0.136. The third kappa shape index (κ3) is 7.69. The van der Waals surface area contributed by atoms with E-state index in [1.807, 2.05) is 0 Å². The second kappa shape index (κ2) is 13.7. The van der Waals surface area contributed by atoms with Crippen molar-refractivity contribution in [3.05, 3.63) is 82.4 Å². The highest BCUT2D eigenvalue weighted by atomic mass is 32.2. The Hall–Kier alpha value is -5.18. The van der Waals surface area contributed by atoms with Gasteiger partial charge in [-0.25, -0.2) is 18.6 Å². The molecule has 0 heterocycles. The van der Waals surface area contributed by atoms with Crippen LogP contribution in [0.2, 0.25) is 0 Å². The molecule has 0 saturated carbocycles. The summed E-state index contributed by atoms with van der Waals surface area (Å²) in [6, 6.07) is 15.4. The van der Waals surface area contributed by atoms with E-state index in [1.54, 1.807) is 24.3 Å². The van der Waals surface area contributed by atoms with E-state index < -0.39 is 44.0 Å². The van der Waals surface area contributed by atoms with Crippen LogP contribution in [0, 0.1) is 10.1 Å². The van der Waals surface area contributed by atoms with Crippen LogP contribution in [-0.2, 0) is 24.3 Å². The molecule has 0 aromatic heterocycles. The van der Waals surface area contributed by atoms with Crippen molar-refractivity contribution in [2.75, 3.05) is 38.8 Å². The molecule has 0 aliphatic rings. The number of nitro benzene ring substituents is 1. The topological polar surface area (TPSA) is 176 Å². The van der Waals surface area contributed by atoms with Crippen molar-refractivity contribution in [3.63, 3.8) is 0 Å². The zero-order chi connectivity index (χ0) is 30.0. The van der Waals surface area contributed by atoms with Crippen molar-refractivity contribution in [2.45, 2.75) is 4.90 Å². The Kier molecular flexibility index (Phi) is 10.2. The number of hydrogen-bond donors (Lipinski definition) is 1. The SMILES string of the molecule is COC(=O)COc1ccc(/C=N\NC(=O)CN(c2ccc(OC)cc2OC)S(=O)(=O)c2ccccc2[N+](=O)[O-])cc1. The van der Waals surface area contributed by atoms with Crippen molar-refractivity contribution >= 4 is 39.5 Å². The molecule has 216 valence electrons. The molecule has 0 fully saturated rings. The maximum atomic E-state index is 13.7. The first-order valence-corrected chi connectivity index (χ1v) is 13.1. The van der Waals surface area contributed by atoms with E-state index in [0.29, 0.717) is 21.4 Å². The van der Waals surface area contributed by atoms with Crippen LogP contribution in [-0.4, -0.2) is 65.9 Å². The number of methoxy groups -OCH3 is 3. The summed E-state index contributed by atoms with van der Waals surface area (Å²) in [5.41, 5.74) is 2.07. The van der Waals surface area contributed by atoms with Gasteiger partial charge in [-0.3, -0.25) is 19.2 Å². The molecular weight excluding hydrogens is 560 g/mol. The Morgan fingerprint density at radius 2 is 1.68 bits per heavy atom. The fourth-order valence-corrected chi connectivity index (χ4v) is 5.02. The summed E-state index contributed by atoms with van der Waals surface area (Å²) >= 11 is 0. The number of benzene rings is 3. The van der Waals surface area contributed by atoms with Crippen LogP contribution in [0.4, 0.5) is 11.4 Å². The highest BCUT2D eigenvalue weighted by molar-refractivity contribution is 7.93. The Morgan fingerprint density at radius 1 is 1.00 bits per heavy atom. The lowest BCUT2D eigenvalue weighted by molar-refractivity contribution is -0.387. The van der Waals surface area contributed by atoms with Crippen LogP contribution in [0.25, 0.3) is 0 Å². The number of sulfonamides is 1. The Bertz CT molecular complexity index is 1540. The van der Waals surface area contributed by atoms with E-state index in [0.717, 1.165) is 12.1 Å². The predicted octanol–water partition coefficient (Wildman–Crippen LogP) is 2.51. The molecule has 0 saturated heterocycles. The normalized spacial score (nSPS) is 11.0. The van der Waals surface area contributed by atoms with E-state index in [-0.39, 0.29) is 18.0 Å². The summed E-state index contributed by atoms with van der Waals surface area (Å²) in [6.45, 7) is -1.06. The Morgan fingerprint density at radius 3 is 2.32 bits per heavy atom. The number of anilines is 1. The number of ether oxygens (including phenoxy) is 4. The zero-order valence-electron chi connectivity index (χ0n) is 22.2. The number of carbonyl (C=O) groups excluding carboxylic acids is 2. The second-order valence-electron chi connectivity index (χ2n) is 8.00. The Balaban J connectivity index is 1.86. The molecule has 0 bridgehead atoms. The number of nitrogens with one attached hydrogen (secondary N) is 1. The number of para-hydroxylation sites is 1. The molecule has 0 spiro atoms. The average Bonchev–Trinajstić information content (AvgIpc) is 2.98. The molecule has 3 rings (SSSR count). The fraction of sp³-hybridized carbons (Fsp3) is 0.192. The molecule has 1 N–H and O–H groups in total. The number of hydrazone groups is 1. The summed E-state index contributed by atoms with van der Waals surface area (Å²) in [6.07, 6.45) is 1.30. The first kappa shape index (κ1) is 30.4. The largest absolute Gasteiger partial charge is 0.497 e. The first-order chi connectivity index (χ1) is 19.6. The molecule has 0 aliphatic carbocycles. The van der Waals surface area contributed by atoms with Crippen molar-refractivity contribution < 1.29 is 41.9 Å². The van der Waals surface area contributed by atoms with Crippen LogP contribution < -0.4 is 23.9 Å². The number of amides is 1. The third-order valence-electron chi connectivity index (χ3n) is 5.44. The van der Waals surface area contributed by atoms with Gasteiger partial charge in [-0.05, 0) is 48.0 Å². The minimum Gasteiger partial charge on any atom is -0.497 e. The molecule has 3 aromatic carbocycles. The van der Waals surface area contributed by atoms with Crippen LogP contribution >= 0.6 is 0 Å². The summed E-state index contributed by atoms with van der Waals surface area (Å²) in [5.74, 6) is -0.592. The maximum Gasteiger partial charge on any atom is 0.343 e. The van der Waals surface area contributed by atoms with Gasteiger partial charge in [0, 0.05) is 12.1 Å². The van der Waals surface area contributed by atoms with E-state index in [4.69, 9.17) is 14.2 Å². The van der Waals surface area contributed by atoms with Crippen LogP contribution in [0.1, 0.15) is 5.56 Å². The smallest absolute Gasteiger partial charge is 0.343 e. The van der Waals surface area contributed by atoms with Gasteiger partial charge in [0.15, 0.2) is 11.5 Å². The molecule has 3 aromatic rings. The first-order valence-electron chi connectivity index (χ1n) is 11.7. The second-order valence-corrected chi connectivity index (χ2v) is 9.83. The molecule has 41 heavy (non-hydrogen) atoms. The minimum atomic E-state index is -4.66. The van der Waals surface area contributed by atoms with Crippen molar-refractivity contribution in [3.8, 4) is 17.2 Å². The van der Waals surface area contributed by atoms with Crippen molar-refractivity contribution in [2.24, 2.45) is 5.10 Å². The molecule has 14 nitrogen and oxygen atoms in total. The van der Waals surface area contributed by atoms with Gasteiger partial charge >= 0.3 is 5.97 Å². The number of nitro groups is 1. The highest BCUT2D eigenvalue weighted by Gasteiger charge is 2.34. The molecular formula is C26H26N4O10S. The summed E-state index contributed by atoms with van der Waals surface area (Å²) in [5, 5.41) is 15.4. The Labute approximate surface area is 235 Å². The lowest BCUT2D eigenvalue weighted by Gasteiger charge is -2.25. The molecule has 0 atom stereocenters. The number of nitrogens with zero attached hydrogens (tertiary/aromatic N) is 3. The number of rotatable bonds is 13. The van der Waals surface area contributed by atoms with Gasteiger partial charge in [-0.1, -0.05) is 12.1 Å². The van der Waals surface area contributed by atoms with Gasteiger partial charge < -0.3 is 18.9 Å². The molecule has 0 aliphatic heterocycles. The maximum absolute atomic E-state index is 13.7. The zero-order valence-corrected chi connectivity index (χ0v) is 23.0. The van der Waals surface area contributed by atoms with Crippen LogP contribution in [0.5, 0.6) is 17.2 Å². The average molecular weight is 587 g/mol. The highest BCUT2D eigenvalue weighted by Crippen LogP contribution is 2.37. The summed E-state index contributed by atoms with van der Waals surface area (Å²) in [4.78, 5) is 34.2. The summed E-state index contributed by atoms with van der Waals surface area (Å²) < 4.78 is 48.4. The van der Waals surface area contributed by atoms with E-state index >= 15 is 0 Å². The van der Waals surface area contributed by atoms with E-state index in [9.17, 15) is 28.1 Å². The van der Waals surface area contributed by atoms with Crippen LogP contribution in [0.3, 0.4) is 0 Å². The van der Waals surface area contributed by atoms with Gasteiger partial charge in [-0.2, -0.15) is 5.10 Å². The fourth-order valence-electron chi connectivity index (χ4n) is 3.43. The van der Waals surface area contributed by atoms with Gasteiger partial charge in [0.05, 0.1) is 38.2 Å². The molecule has 15 heteroatoms. The molecule has 0 radical (unpaired) electrons. The van der Waals surface area contributed by atoms with E-state index in [2.05, 4.69) is 15.3 Å².